The van der Waals surface area contributed by atoms with Crippen LogP contribution in [0.3, 0.4) is 0 Å². The zero-order valence-electron chi connectivity index (χ0n) is 17.0. The summed E-state index contributed by atoms with van der Waals surface area (Å²) in [4.78, 5) is 14.5. The average Bonchev–Trinajstić information content (AvgIpc) is 3.04. The minimum absolute atomic E-state index is 0.0226. The van der Waals surface area contributed by atoms with Gasteiger partial charge < -0.3 is 4.90 Å². The number of nitrogens with zero attached hydrogens (tertiary/aromatic N) is 7. The van der Waals surface area contributed by atoms with Crippen molar-refractivity contribution in [1.29, 1.82) is 0 Å². The topological polar surface area (TPSA) is 81.2 Å². The van der Waals surface area contributed by atoms with Gasteiger partial charge in [0.25, 0.3) is 5.56 Å². The molecule has 8 nitrogen and oxygen atoms in total. The van der Waals surface area contributed by atoms with E-state index in [1.54, 1.807) is 15.3 Å². The van der Waals surface area contributed by atoms with E-state index in [4.69, 9.17) is 0 Å². The number of aryl methyl sites for hydroxylation is 1. The van der Waals surface area contributed by atoms with Crippen molar-refractivity contribution in [1.82, 2.24) is 29.6 Å². The Morgan fingerprint density at radius 3 is 2.50 bits per heavy atom. The van der Waals surface area contributed by atoms with Crippen LogP contribution in [0.1, 0.15) is 45.1 Å². The molecule has 1 aliphatic rings. The molecule has 0 saturated carbocycles. The van der Waals surface area contributed by atoms with Crippen LogP contribution >= 0.6 is 0 Å². The molecule has 0 amide bonds. The van der Waals surface area contributed by atoms with Gasteiger partial charge in [-0.1, -0.05) is 20.8 Å². The number of anilines is 1. The van der Waals surface area contributed by atoms with E-state index in [0.717, 1.165) is 48.9 Å². The lowest BCUT2D eigenvalue weighted by Crippen LogP contribution is -2.37. The first-order valence-corrected chi connectivity index (χ1v) is 9.84. The molecule has 0 atom stereocenters. The van der Waals surface area contributed by atoms with Crippen LogP contribution in [0, 0.1) is 12.8 Å². The second-order valence-corrected chi connectivity index (χ2v) is 8.63. The van der Waals surface area contributed by atoms with Crippen LogP contribution in [-0.2, 0) is 12.0 Å². The first kappa shape index (κ1) is 18.6. The Morgan fingerprint density at radius 2 is 1.79 bits per heavy atom. The lowest BCUT2D eigenvalue weighted by atomic mass is 9.92. The van der Waals surface area contributed by atoms with Crippen LogP contribution < -0.4 is 10.5 Å². The minimum Gasteiger partial charge on any atom is -0.355 e. The Bertz CT molecular complexity index is 1040. The fraction of sp³-hybridized carbons (Fsp3) is 0.550. The predicted molar refractivity (Wildman–Crippen MR) is 108 cm³/mol. The molecule has 0 bridgehead atoms. The SMILES string of the molecule is Cc1nnc2ccc(N3CCC(Cn4nc(C(C)(C)C)ccc4=O)CC3)nn12. The van der Waals surface area contributed by atoms with Crippen molar-refractivity contribution in [3.63, 3.8) is 0 Å². The molecule has 1 aliphatic heterocycles. The van der Waals surface area contributed by atoms with Crippen LogP contribution in [0.25, 0.3) is 5.65 Å². The maximum Gasteiger partial charge on any atom is 0.266 e. The molecule has 3 aromatic rings. The molecule has 1 fully saturated rings. The number of fused-ring (bicyclic) bond motifs is 1. The number of hydrogen-bond donors (Lipinski definition) is 0. The molecule has 0 aromatic carbocycles. The summed E-state index contributed by atoms with van der Waals surface area (Å²) in [5, 5.41) is 17.4. The molecular weight excluding hydrogens is 354 g/mol. The van der Waals surface area contributed by atoms with Gasteiger partial charge in [-0.05, 0) is 43.9 Å². The summed E-state index contributed by atoms with van der Waals surface area (Å²) in [7, 11) is 0. The van der Waals surface area contributed by atoms with Crippen molar-refractivity contribution in [2.45, 2.75) is 52.5 Å². The smallest absolute Gasteiger partial charge is 0.266 e. The Labute approximate surface area is 164 Å². The summed E-state index contributed by atoms with van der Waals surface area (Å²) in [6.07, 6.45) is 2.02. The van der Waals surface area contributed by atoms with Crippen LogP contribution in [0.2, 0.25) is 0 Å². The van der Waals surface area contributed by atoms with Gasteiger partial charge in [-0.2, -0.15) is 9.61 Å². The van der Waals surface area contributed by atoms with E-state index < -0.39 is 0 Å². The zero-order valence-corrected chi connectivity index (χ0v) is 17.0. The predicted octanol–water partition coefficient (Wildman–Crippen LogP) is 2.20. The highest BCUT2D eigenvalue weighted by Gasteiger charge is 2.23. The summed E-state index contributed by atoms with van der Waals surface area (Å²) >= 11 is 0. The molecule has 0 radical (unpaired) electrons. The highest BCUT2D eigenvalue weighted by molar-refractivity contribution is 5.45. The number of aromatic nitrogens is 6. The summed E-state index contributed by atoms with van der Waals surface area (Å²) in [5.74, 6) is 2.17. The third-order valence-corrected chi connectivity index (χ3v) is 5.41. The summed E-state index contributed by atoms with van der Waals surface area (Å²) in [6, 6.07) is 7.44. The maximum absolute atomic E-state index is 12.3. The monoisotopic (exact) mass is 381 g/mol. The second-order valence-electron chi connectivity index (χ2n) is 8.63. The molecule has 1 saturated heterocycles. The zero-order chi connectivity index (χ0) is 19.9. The van der Waals surface area contributed by atoms with Crippen LogP contribution in [-0.4, -0.2) is 42.7 Å². The molecule has 3 aromatic heterocycles. The number of piperidine rings is 1. The second kappa shape index (κ2) is 7.00. The van der Waals surface area contributed by atoms with Gasteiger partial charge in [0, 0.05) is 31.1 Å². The van der Waals surface area contributed by atoms with Gasteiger partial charge in [0.1, 0.15) is 5.82 Å². The normalized spacial score (nSPS) is 16.1. The van der Waals surface area contributed by atoms with Crippen molar-refractivity contribution < 1.29 is 0 Å². The molecular formula is C20H27N7O. The standard InChI is InChI=1S/C20H27N7O/c1-14-21-22-17-6-7-18(24-27(14)17)25-11-9-15(10-12-25)13-26-19(28)8-5-16(23-26)20(2,3)4/h5-8,15H,9-13H2,1-4H3. The summed E-state index contributed by atoms with van der Waals surface area (Å²) in [5.41, 5.74) is 1.63. The van der Waals surface area contributed by atoms with Gasteiger partial charge in [0.05, 0.1) is 5.69 Å². The molecule has 148 valence electrons. The fourth-order valence-corrected chi connectivity index (χ4v) is 3.62. The maximum atomic E-state index is 12.3. The van der Waals surface area contributed by atoms with Crippen molar-refractivity contribution in [3.8, 4) is 0 Å². The minimum atomic E-state index is -0.0660. The van der Waals surface area contributed by atoms with Crippen LogP contribution in [0.5, 0.6) is 0 Å². The third kappa shape index (κ3) is 3.63. The first-order valence-electron chi connectivity index (χ1n) is 9.84. The van der Waals surface area contributed by atoms with Crippen molar-refractivity contribution in [2.24, 2.45) is 5.92 Å². The molecule has 0 N–H and O–H groups in total. The first-order chi connectivity index (χ1) is 13.3. The van der Waals surface area contributed by atoms with Crippen LogP contribution in [0.15, 0.2) is 29.1 Å². The van der Waals surface area contributed by atoms with Gasteiger partial charge in [0.2, 0.25) is 0 Å². The van der Waals surface area contributed by atoms with Crippen molar-refractivity contribution in [2.75, 3.05) is 18.0 Å². The van der Waals surface area contributed by atoms with E-state index in [9.17, 15) is 4.79 Å². The van der Waals surface area contributed by atoms with Gasteiger partial charge in [-0.3, -0.25) is 4.79 Å². The van der Waals surface area contributed by atoms with E-state index in [1.807, 2.05) is 25.1 Å². The van der Waals surface area contributed by atoms with Crippen molar-refractivity contribution in [3.05, 3.63) is 46.1 Å². The van der Waals surface area contributed by atoms with Crippen LogP contribution in [0.4, 0.5) is 5.82 Å². The van der Waals surface area contributed by atoms with E-state index >= 15 is 0 Å². The number of rotatable bonds is 3. The lowest BCUT2D eigenvalue weighted by Gasteiger charge is -2.32. The Balaban J connectivity index is 1.44. The fourth-order valence-electron chi connectivity index (χ4n) is 3.62. The molecule has 28 heavy (non-hydrogen) atoms. The molecule has 0 aliphatic carbocycles. The highest BCUT2D eigenvalue weighted by atomic mass is 16.1. The molecule has 4 heterocycles. The van der Waals surface area contributed by atoms with E-state index in [1.165, 1.54) is 0 Å². The molecule has 4 rings (SSSR count). The quantitative estimate of drug-likeness (QED) is 0.692. The lowest BCUT2D eigenvalue weighted by molar-refractivity contribution is 0.329. The van der Waals surface area contributed by atoms with Crippen molar-refractivity contribution >= 4 is 11.5 Å². The number of hydrogen-bond acceptors (Lipinski definition) is 6. The average molecular weight is 381 g/mol. The van der Waals surface area contributed by atoms with E-state index in [2.05, 4.69) is 46.1 Å². The van der Waals surface area contributed by atoms with Gasteiger partial charge in [0.15, 0.2) is 11.5 Å². The summed E-state index contributed by atoms with van der Waals surface area (Å²) < 4.78 is 3.43. The van der Waals surface area contributed by atoms with Gasteiger partial charge in [-0.15, -0.1) is 15.3 Å². The molecule has 0 spiro atoms. The Morgan fingerprint density at radius 1 is 1.04 bits per heavy atom. The molecule has 0 unspecified atom stereocenters. The highest BCUT2D eigenvalue weighted by Crippen LogP contribution is 2.23. The molecule has 8 heteroatoms. The van der Waals surface area contributed by atoms with E-state index in [0.29, 0.717) is 12.5 Å². The third-order valence-electron chi connectivity index (χ3n) is 5.41. The van der Waals surface area contributed by atoms with Gasteiger partial charge >= 0.3 is 0 Å². The largest absolute Gasteiger partial charge is 0.355 e. The Kier molecular flexibility index (Phi) is 4.64. The van der Waals surface area contributed by atoms with Gasteiger partial charge in [-0.25, -0.2) is 4.68 Å². The van der Waals surface area contributed by atoms with E-state index in [-0.39, 0.29) is 11.0 Å². The Hall–Kier alpha value is -2.77. The summed E-state index contributed by atoms with van der Waals surface area (Å²) in [6.45, 7) is 10.8.